The molecule has 0 radical (unpaired) electrons. The van der Waals surface area contributed by atoms with E-state index >= 15 is 0 Å². The molecule has 0 aromatic heterocycles. The molecule has 15 unspecified atom stereocenters. The van der Waals surface area contributed by atoms with Crippen LogP contribution in [0.1, 0.15) is 126 Å². The monoisotopic (exact) mass is 918 g/mol. The SMILES string of the molecule is COC1CC2CC[C@@H](C)C(O)(O2)C(O)C(=O)N2CCCCC2C(=O)OC(C(C)CC2CCC(O)C(OC)C2)CC(=O)C(C)=CC(C)C(O)C(OC)C(O)[C@H](C)CC(C)C=CC=CC=C1C. The Labute approximate surface area is 388 Å². The summed E-state index contributed by atoms with van der Waals surface area (Å²) in [7, 11) is 4.63. The molecule has 4 aliphatic rings. The van der Waals surface area contributed by atoms with Gasteiger partial charge in [0.05, 0.1) is 36.6 Å². The van der Waals surface area contributed by atoms with E-state index in [1.165, 1.54) is 12.0 Å². The molecule has 5 N–H and O–H groups in total. The number of fused-ring (bicyclic) bond motifs is 3. The summed E-state index contributed by atoms with van der Waals surface area (Å²) in [5, 5.41) is 57.2. The van der Waals surface area contributed by atoms with Gasteiger partial charge < -0.3 is 54.1 Å². The van der Waals surface area contributed by atoms with Gasteiger partial charge in [-0.3, -0.25) is 9.59 Å². The minimum absolute atomic E-state index is 0.0899. The molecular formula is C51H83NO13. The van der Waals surface area contributed by atoms with Crippen LogP contribution in [0, 0.1) is 35.5 Å². The van der Waals surface area contributed by atoms with E-state index in [1.54, 1.807) is 41.1 Å². The smallest absolute Gasteiger partial charge is 0.329 e. The molecule has 2 bridgehead atoms. The predicted octanol–water partition coefficient (Wildman–Crippen LogP) is 5.76. The maximum absolute atomic E-state index is 14.4. The zero-order valence-corrected chi connectivity index (χ0v) is 40.8. The lowest BCUT2D eigenvalue weighted by molar-refractivity contribution is -0.317. The van der Waals surface area contributed by atoms with Crippen LogP contribution in [0.3, 0.4) is 0 Å². The zero-order valence-electron chi connectivity index (χ0n) is 40.8. The highest BCUT2D eigenvalue weighted by Gasteiger charge is 2.53. The van der Waals surface area contributed by atoms with Crippen molar-refractivity contribution in [3.05, 3.63) is 47.6 Å². The van der Waals surface area contributed by atoms with Crippen molar-refractivity contribution in [2.75, 3.05) is 27.9 Å². The second-order valence-corrected chi connectivity index (χ2v) is 20.0. The third kappa shape index (κ3) is 14.6. The molecule has 0 spiro atoms. The van der Waals surface area contributed by atoms with Crippen LogP contribution < -0.4 is 0 Å². The first-order valence-electron chi connectivity index (χ1n) is 24.2. The number of nitrogens with zero attached hydrogens (tertiary/aromatic N) is 1. The highest BCUT2D eigenvalue weighted by molar-refractivity contribution is 5.95. The minimum atomic E-state index is -2.23. The maximum atomic E-state index is 14.4. The Balaban J connectivity index is 1.70. The first-order chi connectivity index (χ1) is 30.7. The highest BCUT2D eigenvalue weighted by atomic mass is 16.6. The fourth-order valence-corrected chi connectivity index (χ4v) is 10.5. The van der Waals surface area contributed by atoms with Gasteiger partial charge in [-0.15, -0.1) is 0 Å². The molecule has 4 rings (SSSR count). The topological polar surface area (TPSA) is 202 Å². The van der Waals surface area contributed by atoms with E-state index in [0.717, 1.165) is 12.0 Å². The molecule has 0 aromatic carbocycles. The third-order valence-electron chi connectivity index (χ3n) is 14.9. The Morgan fingerprint density at radius 2 is 1.57 bits per heavy atom. The van der Waals surface area contributed by atoms with Crippen LogP contribution in [0.4, 0.5) is 0 Å². The molecule has 1 aliphatic carbocycles. The molecule has 65 heavy (non-hydrogen) atoms. The van der Waals surface area contributed by atoms with Crippen LogP contribution in [0.15, 0.2) is 47.6 Å². The molecule has 3 heterocycles. The summed E-state index contributed by atoms with van der Waals surface area (Å²) in [6, 6.07) is -1.07. The molecule has 1 amide bonds. The van der Waals surface area contributed by atoms with Crippen LogP contribution in [0.25, 0.3) is 0 Å². The lowest BCUT2D eigenvalue weighted by Crippen LogP contribution is -2.63. The number of esters is 1. The van der Waals surface area contributed by atoms with E-state index in [1.807, 2.05) is 51.2 Å². The van der Waals surface area contributed by atoms with Gasteiger partial charge in [-0.2, -0.15) is 0 Å². The fourth-order valence-electron chi connectivity index (χ4n) is 10.5. The summed E-state index contributed by atoms with van der Waals surface area (Å²) in [5.74, 6) is -5.57. The Morgan fingerprint density at radius 3 is 2.25 bits per heavy atom. The van der Waals surface area contributed by atoms with Gasteiger partial charge >= 0.3 is 5.97 Å². The molecule has 14 nitrogen and oxygen atoms in total. The molecule has 3 aliphatic heterocycles. The van der Waals surface area contributed by atoms with Crippen LogP contribution in [0.5, 0.6) is 0 Å². The number of carbonyl (C=O) groups excluding carboxylic acids is 3. The number of piperidine rings is 1. The number of aliphatic hydroxyl groups is 5. The zero-order chi connectivity index (χ0) is 48.2. The second kappa shape index (κ2) is 25.5. The first-order valence-corrected chi connectivity index (χ1v) is 24.2. The van der Waals surface area contributed by atoms with E-state index in [9.17, 15) is 39.9 Å². The molecule has 17 atom stereocenters. The van der Waals surface area contributed by atoms with Gasteiger partial charge in [0.2, 0.25) is 5.79 Å². The van der Waals surface area contributed by atoms with Crippen LogP contribution in [-0.2, 0) is 38.1 Å². The standard InChI is InChI=1S/C51H83NO13/c1-30-16-12-11-13-17-31(2)42(61-8)28-38-21-19-36(7)51(60,65-38)48(57)49(58)52-23-15-14-18-39(52)50(59)64-43(33(4)26-37-20-22-40(53)44(27-37)62-9)29-41(54)32(3)25-35(6)46(56)47(63-10)45(55)34(5)24-30/h11-13,16-17,25,30,33-40,42-48,53,55-57,60H,14-15,18-24,26-29H2,1-10H3/t30?,33?,34-,35?,36-,37?,38?,39?,40?,42?,43?,44?,45?,46?,47?,48?,51?/m1/s1. The van der Waals surface area contributed by atoms with Gasteiger partial charge in [-0.25, -0.2) is 4.79 Å². The van der Waals surface area contributed by atoms with E-state index in [2.05, 4.69) is 6.92 Å². The van der Waals surface area contributed by atoms with Gasteiger partial charge in [0.25, 0.3) is 5.91 Å². The predicted molar refractivity (Wildman–Crippen MR) is 247 cm³/mol. The van der Waals surface area contributed by atoms with Crippen LogP contribution in [-0.4, -0.2) is 143 Å². The number of ether oxygens (including phenoxy) is 5. The Morgan fingerprint density at radius 1 is 0.846 bits per heavy atom. The summed E-state index contributed by atoms with van der Waals surface area (Å²) < 4.78 is 29.7. The quantitative estimate of drug-likeness (QED) is 0.202. The summed E-state index contributed by atoms with van der Waals surface area (Å²) in [6.07, 6.45) is 9.46. The number of rotatable bonds is 6. The van der Waals surface area contributed by atoms with Crippen molar-refractivity contribution in [3.63, 3.8) is 0 Å². The van der Waals surface area contributed by atoms with E-state index in [-0.39, 0.29) is 61.0 Å². The largest absolute Gasteiger partial charge is 0.460 e. The van der Waals surface area contributed by atoms with E-state index in [0.29, 0.717) is 63.4 Å². The average Bonchev–Trinajstić information content (AvgIpc) is 3.28. The van der Waals surface area contributed by atoms with Crippen molar-refractivity contribution in [1.29, 1.82) is 0 Å². The summed E-state index contributed by atoms with van der Waals surface area (Å²) >= 11 is 0. The number of cyclic esters (lactones) is 1. The number of Topliss-reactive ketones (excluding diaryl/α,β-unsaturated/α-hetero) is 1. The fraction of sp³-hybridized carbons (Fsp3) is 0.784. The normalized spacial score (nSPS) is 40.1. The second-order valence-electron chi connectivity index (χ2n) is 20.0. The van der Waals surface area contributed by atoms with E-state index < -0.39 is 78.3 Å². The minimum Gasteiger partial charge on any atom is -0.460 e. The molecule has 0 aromatic rings. The molecule has 14 heteroatoms. The molecule has 3 fully saturated rings. The van der Waals surface area contributed by atoms with Gasteiger partial charge in [-0.1, -0.05) is 71.1 Å². The Bertz CT molecular complexity index is 1660. The maximum Gasteiger partial charge on any atom is 0.329 e. The van der Waals surface area contributed by atoms with Crippen molar-refractivity contribution >= 4 is 17.7 Å². The molecule has 1 saturated carbocycles. The summed E-state index contributed by atoms with van der Waals surface area (Å²) in [6.45, 7) is 13.2. The molecule has 370 valence electrons. The van der Waals surface area contributed by atoms with Crippen molar-refractivity contribution in [1.82, 2.24) is 4.90 Å². The van der Waals surface area contributed by atoms with Crippen molar-refractivity contribution in [2.45, 2.75) is 192 Å². The number of carbonyl (C=O) groups is 3. The van der Waals surface area contributed by atoms with Crippen LogP contribution in [0.2, 0.25) is 0 Å². The Kier molecular flexibility index (Phi) is 21.5. The number of amides is 1. The third-order valence-corrected chi connectivity index (χ3v) is 14.9. The number of methoxy groups -OCH3 is 3. The number of hydrogen-bond donors (Lipinski definition) is 5. The van der Waals surface area contributed by atoms with Crippen LogP contribution >= 0.6 is 0 Å². The number of hydrogen-bond acceptors (Lipinski definition) is 13. The van der Waals surface area contributed by atoms with Gasteiger partial charge in [0, 0.05) is 52.6 Å². The Hall–Kier alpha value is -2.79. The number of ketones is 1. The number of aliphatic hydroxyl groups excluding tert-OH is 4. The van der Waals surface area contributed by atoms with Crippen molar-refractivity contribution in [2.24, 2.45) is 35.5 Å². The summed E-state index contributed by atoms with van der Waals surface area (Å²) in [5.41, 5.74) is 1.27. The lowest BCUT2D eigenvalue weighted by atomic mass is 9.78. The first kappa shape index (κ1) is 54.8. The number of allylic oxidation sites excluding steroid dienone is 6. The average molecular weight is 918 g/mol. The lowest BCUT2D eigenvalue weighted by Gasteiger charge is -2.46. The van der Waals surface area contributed by atoms with Gasteiger partial charge in [-0.05, 0) is 113 Å². The van der Waals surface area contributed by atoms with Crippen molar-refractivity contribution in [3.8, 4) is 0 Å². The summed E-state index contributed by atoms with van der Waals surface area (Å²) in [4.78, 5) is 44.1. The highest BCUT2D eigenvalue weighted by Crippen LogP contribution is 2.39. The molecular weight excluding hydrogens is 835 g/mol. The van der Waals surface area contributed by atoms with Crippen molar-refractivity contribution < 1.29 is 63.6 Å². The van der Waals surface area contributed by atoms with Gasteiger partial charge in [0.1, 0.15) is 18.2 Å². The van der Waals surface area contributed by atoms with Gasteiger partial charge in [0.15, 0.2) is 11.9 Å². The van der Waals surface area contributed by atoms with E-state index in [4.69, 9.17) is 23.7 Å². The molecule has 2 saturated heterocycles.